The topological polar surface area (TPSA) is 72.5 Å². The first kappa shape index (κ1) is 12.8. The number of hydrogen-bond donors (Lipinski definition) is 2. The average Bonchev–Trinajstić information content (AvgIpc) is 2.23. The maximum Gasteiger partial charge on any atom is 0.339 e. The van der Waals surface area contributed by atoms with Crippen molar-refractivity contribution in [2.45, 2.75) is 4.90 Å². The van der Waals surface area contributed by atoms with Gasteiger partial charge in [-0.25, -0.2) is 9.18 Å². The molecule has 0 bridgehead atoms. The van der Waals surface area contributed by atoms with Crippen LogP contribution in [0.5, 0.6) is 0 Å². The molecule has 0 aliphatic carbocycles. The normalized spacial score (nSPS) is 10.4. The lowest BCUT2D eigenvalue weighted by Gasteiger charge is -2.08. The van der Waals surface area contributed by atoms with Crippen molar-refractivity contribution in [3.05, 3.63) is 23.5 Å². The highest BCUT2D eigenvalue weighted by molar-refractivity contribution is 7.99. The average molecular weight is 245 g/mol. The predicted octanol–water partition coefficient (Wildman–Crippen LogP) is 1.84. The van der Waals surface area contributed by atoms with E-state index in [9.17, 15) is 9.18 Å². The number of thioether (sulfide) groups is 1. The molecule has 0 heterocycles. The highest BCUT2D eigenvalue weighted by Gasteiger charge is 2.17. The summed E-state index contributed by atoms with van der Waals surface area (Å²) < 4.78 is 17.9. The number of carboxylic acid groups (broad SMARTS) is 1. The maximum atomic E-state index is 13.1. The predicted molar refractivity (Wildman–Crippen MR) is 60.4 cm³/mol. The van der Waals surface area contributed by atoms with Crippen LogP contribution in [0.3, 0.4) is 0 Å². The van der Waals surface area contributed by atoms with Crippen molar-refractivity contribution in [1.82, 2.24) is 0 Å². The second-order valence-corrected chi connectivity index (χ2v) is 4.12. The molecule has 3 N–H and O–H groups in total. The molecule has 0 fully saturated rings. The highest BCUT2D eigenvalue weighted by Crippen LogP contribution is 2.28. The lowest BCUT2D eigenvalue weighted by Crippen LogP contribution is -2.07. The SMILES string of the molecule is COCCSc1ccc(F)c(N)c1C(=O)O. The van der Waals surface area contributed by atoms with Gasteiger partial charge in [0.05, 0.1) is 17.9 Å². The molecule has 88 valence electrons. The van der Waals surface area contributed by atoms with E-state index in [-0.39, 0.29) is 11.3 Å². The number of anilines is 1. The van der Waals surface area contributed by atoms with Gasteiger partial charge in [-0.1, -0.05) is 0 Å². The van der Waals surface area contributed by atoms with Crippen LogP contribution in [0.2, 0.25) is 0 Å². The Balaban J connectivity index is 2.99. The molecule has 0 amide bonds. The standard InChI is InChI=1S/C10H12FNO3S/c1-15-4-5-16-7-3-2-6(11)9(12)8(7)10(13)14/h2-3H,4-5,12H2,1H3,(H,13,14). The van der Waals surface area contributed by atoms with Crippen molar-refractivity contribution in [1.29, 1.82) is 0 Å². The van der Waals surface area contributed by atoms with Gasteiger partial charge in [0.25, 0.3) is 0 Å². The number of carbonyl (C=O) groups is 1. The third-order valence-electron chi connectivity index (χ3n) is 1.91. The Bertz CT molecular complexity index is 398. The van der Waals surface area contributed by atoms with Crippen molar-refractivity contribution in [2.24, 2.45) is 0 Å². The van der Waals surface area contributed by atoms with E-state index >= 15 is 0 Å². The Hall–Kier alpha value is -1.27. The summed E-state index contributed by atoms with van der Waals surface area (Å²) in [6, 6.07) is 2.58. The smallest absolute Gasteiger partial charge is 0.339 e. The van der Waals surface area contributed by atoms with Crippen LogP contribution in [-0.4, -0.2) is 30.5 Å². The zero-order chi connectivity index (χ0) is 12.1. The van der Waals surface area contributed by atoms with Crippen molar-refractivity contribution < 1.29 is 19.0 Å². The largest absolute Gasteiger partial charge is 0.478 e. The van der Waals surface area contributed by atoms with Crippen molar-refractivity contribution in [2.75, 3.05) is 25.2 Å². The van der Waals surface area contributed by atoms with Crippen LogP contribution in [-0.2, 0) is 4.74 Å². The Morgan fingerprint density at radius 2 is 2.31 bits per heavy atom. The fourth-order valence-electron chi connectivity index (χ4n) is 1.15. The Morgan fingerprint density at radius 1 is 1.62 bits per heavy atom. The fourth-order valence-corrected chi connectivity index (χ4v) is 2.13. The summed E-state index contributed by atoms with van der Waals surface area (Å²) in [7, 11) is 1.55. The molecule has 0 spiro atoms. The lowest BCUT2D eigenvalue weighted by atomic mass is 10.2. The Morgan fingerprint density at radius 3 is 2.88 bits per heavy atom. The Labute approximate surface area is 96.6 Å². The van der Waals surface area contributed by atoms with Crippen LogP contribution in [0, 0.1) is 5.82 Å². The van der Waals surface area contributed by atoms with E-state index in [1.165, 1.54) is 17.8 Å². The summed E-state index contributed by atoms with van der Waals surface area (Å²) >= 11 is 1.27. The van der Waals surface area contributed by atoms with Gasteiger partial charge in [0.2, 0.25) is 0 Å². The number of benzene rings is 1. The van der Waals surface area contributed by atoms with Gasteiger partial charge in [-0.2, -0.15) is 0 Å². The summed E-state index contributed by atoms with van der Waals surface area (Å²) in [6.45, 7) is 0.487. The molecular formula is C10H12FNO3S. The number of hydrogen-bond acceptors (Lipinski definition) is 4. The highest BCUT2D eigenvalue weighted by atomic mass is 32.2. The molecule has 0 saturated heterocycles. The molecule has 0 aliphatic rings. The summed E-state index contributed by atoms with van der Waals surface area (Å²) in [5.74, 6) is -1.35. The van der Waals surface area contributed by atoms with Crippen LogP contribution in [0.15, 0.2) is 17.0 Å². The zero-order valence-corrected chi connectivity index (χ0v) is 9.51. The minimum atomic E-state index is -1.23. The van der Waals surface area contributed by atoms with Gasteiger partial charge in [0.15, 0.2) is 0 Å². The van der Waals surface area contributed by atoms with Crippen molar-refractivity contribution in [3.63, 3.8) is 0 Å². The number of halogens is 1. The molecule has 16 heavy (non-hydrogen) atoms. The maximum absolute atomic E-state index is 13.1. The van der Waals surface area contributed by atoms with Crippen LogP contribution >= 0.6 is 11.8 Å². The van der Waals surface area contributed by atoms with Gasteiger partial charge in [-0.15, -0.1) is 11.8 Å². The second kappa shape index (κ2) is 5.72. The number of ether oxygens (including phenoxy) is 1. The number of nitrogens with two attached hydrogens (primary N) is 1. The second-order valence-electron chi connectivity index (χ2n) is 2.98. The zero-order valence-electron chi connectivity index (χ0n) is 8.70. The van der Waals surface area contributed by atoms with Crippen LogP contribution < -0.4 is 5.73 Å². The number of aromatic carboxylic acids is 1. The Kier molecular flexibility index (Phi) is 4.57. The van der Waals surface area contributed by atoms with E-state index in [1.54, 1.807) is 7.11 Å². The minimum Gasteiger partial charge on any atom is -0.478 e. The van der Waals surface area contributed by atoms with Gasteiger partial charge in [-0.3, -0.25) is 0 Å². The number of carboxylic acids is 1. The van der Waals surface area contributed by atoms with E-state index in [0.717, 1.165) is 6.07 Å². The van der Waals surface area contributed by atoms with Gasteiger partial charge in [-0.05, 0) is 12.1 Å². The quantitative estimate of drug-likeness (QED) is 0.470. The van der Waals surface area contributed by atoms with E-state index in [1.807, 2.05) is 0 Å². The van der Waals surface area contributed by atoms with Crippen LogP contribution in [0.25, 0.3) is 0 Å². The van der Waals surface area contributed by atoms with E-state index in [2.05, 4.69) is 0 Å². The first-order chi connectivity index (χ1) is 7.57. The summed E-state index contributed by atoms with van der Waals surface area (Å²) in [6.07, 6.45) is 0. The van der Waals surface area contributed by atoms with Gasteiger partial charge < -0.3 is 15.6 Å². The molecule has 1 aromatic carbocycles. The molecule has 1 rings (SSSR count). The summed E-state index contributed by atoms with van der Waals surface area (Å²) in [4.78, 5) is 11.4. The van der Waals surface area contributed by atoms with Gasteiger partial charge in [0.1, 0.15) is 5.82 Å². The molecule has 0 aliphatic heterocycles. The number of methoxy groups -OCH3 is 1. The van der Waals surface area contributed by atoms with Crippen LogP contribution in [0.4, 0.5) is 10.1 Å². The molecule has 0 saturated carbocycles. The van der Waals surface area contributed by atoms with Gasteiger partial charge >= 0.3 is 5.97 Å². The molecule has 6 heteroatoms. The summed E-state index contributed by atoms with van der Waals surface area (Å²) in [5, 5.41) is 8.94. The third kappa shape index (κ3) is 2.86. The monoisotopic (exact) mass is 245 g/mol. The number of nitrogen functional groups attached to an aromatic ring is 1. The summed E-state index contributed by atoms with van der Waals surface area (Å²) in [5.41, 5.74) is 4.88. The fraction of sp³-hybridized carbons (Fsp3) is 0.300. The third-order valence-corrected chi connectivity index (χ3v) is 2.93. The van der Waals surface area contributed by atoms with Crippen molar-refractivity contribution >= 4 is 23.4 Å². The molecule has 4 nitrogen and oxygen atoms in total. The molecule has 0 unspecified atom stereocenters. The molecule has 0 atom stereocenters. The van der Waals surface area contributed by atoms with E-state index < -0.39 is 11.8 Å². The van der Waals surface area contributed by atoms with Gasteiger partial charge in [0, 0.05) is 17.8 Å². The molecule has 1 aromatic rings. The molecule has 0 aromatic heterocycles. The van der Waals surface area contributed by atoms with Crippen molar-refractivity contribution in [3.8, 4) is 0 Å². The molecule has 0 radical (unpaired) electrons. The van der Waals surface area contributed by atoms with E-state index in [4.69, 9.17) is 15.6 Å². The lowest BCUT2D eigenvalue weighted by molar-refractivity contribution is 0.0694. The first-order valence-corrected chi connectivity index (χ1v) is 5.49. The first-order valence-electron chi connectivity index (χ1n) is 4.51. The molecular weight excluding hydrogens is 233 g/mol. The van der Waals surface area contributed by atoms with E-state index in [0.29, 0.717) is 17.3 Å². The number of rotatable bonds is 5. The van der Waals surface area contributed by atoms with Crippen LogP contribution in [0.1, 0.15) is 10.4 Å². The minimum absolute atomic E-state index is 0.180.